The molecular weight excluding hydrogens is 380 g/mol. The Kier molecular flexibility index (Phi) is 7.98. The molecule has 0 heterocycles. The molecule has 28 heavy (non-hydrogen) atoms. The van der Waals surface area contributed by atoms with Crippen LogP contribution in [0.1, 0.15) is 18.4 Å². The number of carbonyl (C=O) groups is 3. The summed E-state index contributed by atoms with van der Waals surface area (Å²) < 4.78 is 13.8. The van der Waals surface area contributed by atoms with Crippen molar-refractivity contribution in [2.75, 3.05) is 20.8 Å². The minimum absolute atomic E-state index is 0.0545. The van der Waals surface area contributed by atoms with Crippen LogP contribution in [0.2, 0.25) is 0 Å². The SMILES string of the molecule is CCOC(=O)C(C(c1ccc([N+](=O)[O-])cc1)C(C(=O)OC)C(=O)OC)[N+](=O)[O-]. The first kappa shape index (κ1) is 22.5. The van der Waals surface area contributed by atoms with E-state index in [1.807, 2.05) is 0 Å². The Labute approximate surface area is 158 Å². The summed E-state index contributed by atoms with van der Waals surface area (Å²) in [5.74, 6) is -7.20. The number of carbonyl (C=O) groups excluding carboxylic acids is 3. The highest BCUT2D eigenvalue weighted by Crippen LogP contribution is 2.33. The smallest absolute Gasteiger partial charge is 0.382 e. The Bertz CT molecular complexity index is 745. The Balaban J connectivity index is 3.65. The van der Waals surface area contributed by atoms with Crippen LogP contribution >= 0.6 is 0 Å². The number of esters is 3. The molecule has 0 fully saturated rings. The third-order valence-electron chi connectivity index (χ3n) is 3.85. The normalized spacial score (nSPS) is 12.6. The summed E-state index contributed by atoms with van der Waals surface area (Å²) in [6.07, 6.45) is 0. The summed E-state index contributed by atoms with van der Waals surface area (Å²) in [5, 5.41) is 22.5. The summed E-state index contributed by atoms with van der Waals surface area (Å²) in [6.45, 7) is 1.24. The van der Waals surface area contributed by atoms with Gasteiger partial charge in [-0.25, -0.2) is 4.79 Å². The Morgan fingerprint density at radius 1 is 0.964 bits per heavy atom. The van der Waals surface area contributed by atoms with Gasteiger partial charge in [-0.2, -0.15) is 0 Å². The van der Waals surface area contributed by atoms with E-state index in [1.54, 1.807) is 0 Å². The van der Waals surface area contributed by atoms with E-state index < -0.39 is 45.6 Å². The molecule has 0 bridgehead atoms. The number of methoxy groups -OCH3 is 2. The van der Waals surface area contributed by atoms with Crippen molar-refractivity contribution in [1.82, 2.24) is 0 Å². The predicted octanol–water partition coefficient (Wildman–Crippen LogP) is 0.849. The first-order valence-corrected chi connectivity index (χ1v) is 7.89. The number of nitro benzene ring substituents is 1. The van der Waals surface area contributed by atoms with E-state index in [0.29, 0.717) is 0 Å². The van der Waals surface area contributed by atoms with Crippen molar-refractivity contribution >= 4 is 23.6 Å². The average molecular weight is 398 g/mol. The van der Waals surface area contributed by atoms with Gasteiger partial charge in [0.15, 0.2) is 5.92 Å². The van der Waals surface area contributed by atoms with Gasteiger partial charge < -0.3 is 14.2 Å². The van der Waals surface area contributed by atoms with Gasteiger partial charge in [-0.1, -0.05) is 12.1 Å². The van der Waals surface area contributed by atoms with Gasteiger partial charge in [0.25, 0.3) is 5.69 Å². The largest absolute Gasteiger partial charge is 0.468 e. The van der Waals surface area contributed by atoms with E-state index in [-0.39, 0.29) is 17.9 Å². The molecule has 0 aliphatic heterocycles. The molecule has 0 N–H and O–H groups in total. The van der Waals surface area contributed by atoms with Gasteiger partial charge >= 0.3 is 23.9 Å². The molecule has 0 aliphatic carbocycles. The Morgan fingerprint density at radius 3 is 1.82 bits per heavy atom. The zero-order valence-corrected chi connectivity index (χ0v) is 15.2. The molecule has 1 aromatic carbocycles. The lowest BCUT2D eigenvalue weighted by atomic mass is 9.80. The highest BCUT2D eigenvalue weighted by molar-refractivity contribution is 5.97. The van der Waals surface area contributed by atoms with E-state index in [9.17, 15) is 34.6 Å². The molecule has 1 rings (SSSR count). The van der Waals surface area contributed by atoms with E-state index in [2.05, 4.69) is 9.47 Å². The topological polar surface area (TPSA) is 165 Å². The summed E-state index contributed by atoms with van der Waals surface area (Å²) in [5.41, 5.74) is -0.384. The Hall–Kier alpha value is -3.57. The number of nitrogens with zero attached hydrogens (tertiary/aromatic N) is 2. The van der Waals surface area contributed by atoms with Crippen LogP contribution in [0.5, 0.6) is 0 Å². The highest BCUT2D eigenvalue weighted by Gasteiger charge is 2.51. The van der Waals surface area contributed by atoms with Gasteiger partial charge in [-0.15, -0.1) is 0 Å². The maximum atomic E-state index is 12.2. The van der Waals surface area contributed by atoms with Crippen LogP contribution in [0.15, 0.2) is 24.3 Å². The third kappa shape index (κ3) is 4.99. The first-order chi connectivity index (χ1) is 13.2. The lowest BCUT2D eigenvalue weighted by Crippen LogP contribution is -2.45. The molecule has 2 atom stereocenters. The summed E-state index contributed by atoms with van der Waals surface area (Å²) in [4.78, 5) is 57.4. The van der Waals surface area contributed by atoms with Gasteiger partial charge in [0.2, 0.25) is 0 Å². The number of nitro groups is 2. The van der Waals surface area contributed by atoms with Crippen LogP contribution in [0, 0.1) is 26.1 Å². The molecule has 0 aliphatic rings. The fourth-order valence-corrected chi connectivity index (χ4v) is 2.61. The van der Waals surface area contributed by atoms with Gasteiger partial charge in [-0.3, -0.25) is 29.8 Å². The molecule has 0 aromatic heterocycles. The van der Waals surface area contributed by atoms with Crippen molar-refractivity contribution in [2.24, 2.45) is 5.92 Å². The maximum Gasteiger partial charge on any atom is 0.382 e. The zero-order valence-electron chi connectivity index (χ0n) is 15.2. The third-order valence-corrected chi connectivity index (χ3v) is 3.85. The van der Waals surface area contributed by atoms with Crippen molar-refractivity contribution in [2.45, 2.75) is 18.9 Å². The van der Waals surface area contributed by atoms with Gasteiger partial charge in [0.1, 0.15) is 0 Å². The second-order valence-corrected chi connectivity index (χ2v) is 5.38. The summed E-state index contributed by atoms with van der Waals surface area (Å²) >= 11 is 0. The maximum absolute atomic E-state index is 12.2. The summed E-state index contributed by atoms with van der Waals surface area (Å²) in [6, 6.07) is 2.10. The Morgan fingerprint density at radius 2 is 1.46 bits per heavy atom. The fourth-order valence-electron chi connectivity index (χ4n) is 2.61. The minimum Gasteiger partial charge on any atom is -0.468 e. The molecular formula is C16H18N2O10. The minimum atomic E-state index is -2.16. The van der Waals surface area contributed by atoms with Gasteiger partial charge in [0, 0.05) is 17.1 Å². The molecule has 0 amide bonds. The van der Waals surface area contributed by atoms with Crippen molar-refractivity contribution in [3.8, 4) is 0 Å². The molecule has 12 heteroatoms. The lowest BCUT2D eigenvalue weighted by Gasteiger charge is -2.25. The number of hydrogen-bond acceptors (Lipinski definition) is 10. The van der Waals surface area contributed by atoms with Crippen molar-refractivity contribution in [3.05, 3.63) is 50.1 Å². The number of benzene rings is 1. The van der Waals surface area contributed by atoms with Crippen molar-refractivity contribution in [3.63, 3.8) is 0 Å². The van der Waals surface area contributed by atoms with Crippen LogP contribution in [-0.2, 0) is 28.6 Å². The van der Waals surface area contributed by atoms with Crippen molar-refractivity contribution < 1.29 is 38.4 Å². The van der Waals surface area contributed by atoms with Crippen LogP contribution in [0.25, 0.3) is 0 Å². The number of rotatable bonds is 9. The van der Waals surface area contributed by atoms with Crippen molar-refractivity contribution in [1.29, 1.82) is 0 Å². The van der Waals surface area contributed by atoms with Crippen LogP contribution < -0.4 is 0 Å². The highest BCUT2D eigenvalue weighted by atomic mass is 16.6. The molecule has 12 nitrogen and oxygen atoms in total. The fraction of sp³-hybridized carbons (Fsp3) is 0.438. The van der Waals surface area contributed by atoms with Gasteiger partial charge in [0.05, 0.1) is 31.7 Å². The molecule has 152 valence electrons. The molecule has 0 spiro atoms. The second kappa shape index (κ2) is 9.94. The van der Waals surface area contributed by atoms with E-state index in [1.165, 1.54) is 6.92 Å². The number of non-ortho nitro benzene ring substituents is 1. The molecule has 0 saturated carbocycles. The molecule has 2 unspecified atom stereocenters. The standard InChI is InChI=1S/C16H18N2O10/c1-4-28-16(21)13(18(24)25)11(12(14(19)26-2)15(20)27-3)9-5-7-10(8-6-9)17(22)23/h5-8,11-13H,4H2,1-3H3. The average Bonchev–Trinajstić information content (AvgIpc) is 2.66. The summed E-state index contributed by atoms with van der Waals surface area (Å²) in [7, 11) is 1.91. The molecule has 0 saturated heterocycles. The van der Waals surface area contributed by atoms with E-state index in [0.717, 1.165) is 38.5 Å². The van der Waals surface area contributed by atoms with Crippen LogP contribution in [-0.4, -0.2) is 54.6 Å². The van der Waals surface area contributed by atoms with Crippen LogP contribution in [0.4, 0.5) is 5.69 Å². The monoisotopic (exact) mass is 398 g/mol. The second-order valence-electron chi connectivity index (χ2n) is 5.38. The molecule has 1 aromatic rings. The van der Waals surface area contributed by atoms with Crippen LogP contribution in [0.3, 0.4) is 0 Å². The predicted molar refractivity (Wildman–Crippen MR) is 90.8 cm³/mol. The zero-order chi connectivity index (χ0) is 21.4. The first-order valence-electron chi connectivity index (χ1n) is 7.89. The quantitative estimate of drug-likeness (QED) is 0.191. The van der Waals surface area contributed by atoms with E-state index in [4.69, 9.17) is 4.74 Å². The number of hydrogen-bond donors (Lipinski definition) is 0. The van der Waals surface area contributed by atoms with E-state index >= 15 is 0 Å². The lowest BCUT2D eigenvalue weighted by molar-refractivity contribution is -0.515. The number of ether oxygens (including phenoxy) is 3. The van der Waals surface area contributed by atoms with Gasteiger partial charge in [-0.05, 0) is 12.5 Å². The molecule has 0 radical (unpaired) electrons.